The molecule has 0 spiro atoms. The lowest BCUT2D eigenvalue weighted by Crippen LogP contribution is -2.35. The third-order valence-corrected chi connectivity index (χ3v) is 3.56. The minimum Gasteiger partial charge on any atom is -0.369 e. The number of rotatable bonds is 6. The van der Waals surface area contributed by atoms with Crippen molar-refractivity contribution < 1.29 is 4.39 Å². The van der Waals surface area contributed by atoms with Gasteiger partial charge in [-0.3, -0.25) is 0 Å². The maximum atomic E-state index is 14.1. The minimum absolute atomic E-state index is 0.139. The SMILES string of the molecule is CCNCc1cccc(F)c1N(C)C(C)C(C)C. The first kappa shape index (κ1) is 15.0. The summed E-state index contributed by atoms with van der Waals surface area (Å²) in [4.78, 5) is 2.05. The molecular formula is C15H25FN2. The molecule has 1 atom stereocenters. The van der Waals surface area contributed by atoms with Crippen molar-refractivity contribution in [1.82, 2.24) is 5.32 Å². The fourth-order valence-electron chi connectivity index (χ4n) is 2.01. The molecule has 1 aromatic rings. The zero-order chi connectivity index (χ0) is 13.7. The van der Waals surface area contributed by atoms with Crippen molar-refractivity contribution in [2.45, 2.75) is 40.3 Å². The van der Waals surface area contributed by atoms with Crippen LogP contribution in [-0.2, 0) is 6.54 Å². The Hall–Kier alpha value is -1.09. The topological polar surface area (TPSA) is 15.3 Å². The summed E-state index contributed by atoms with van der Waals surface area (Å²) in [6.07, 6.45) is 0. The molecule has 0 bridgehead atoms. The van der Waals surface area contributed by atoms with E-state index in [1.807, 2.05) is 18.0 Å². The van der Waals surface area contributed by atoms with Gasteiger partial charge in [-0.2, -0.15) is 0 Å². The second-order valence-electron chi connectivity index (χ2n) is 5.12. The average molecular weight is 252 g/mol. The summed E-state index contributed by atoms with van der Waals surface area (Å²) in [5.41, 5.74) is 1.74. The summed E-state index contributed by atoms with van der Waals surface area (Å²) in [7, 11) is 1.97. The highest BCUT2D eigenvalue weighted by atomic mass is 19.1. The van der Waals surface area contributed by atoms with Crippen LogP contribution in [0.2, 0.25) is 0 Å². The smallest absolute Gasteiger partial charge is 0.146 e. The molecule has 0 saturated heterocycles. The molecule has 0 aliphatic heterocycles. The van der Waals surface area contributed by atoms with Crippen LogP contribution in [0.1, 0.15) is 33.3 Å². The predicted octanol–water partition coefficient (Wildman–Crippen LogP) is 3.42. The highest BCUT2D eigenvalue weighted by molar-refractivity contribution is 5.55. The van der Waals surface area contributed by atoms with Crippen molar-refractivity contribution in [2.24, 2.45) is 5.92 Å². The second-order valence-corrected chi connectivity index (χ2v) is 5.12. The van der Waals surface area contributed by atoms with Crippen LogP contribution in [0.4, 0.5) is 10.1 Å². The van der Waals surface area contributed by atoms with Gasteiger partial charge in [-0.05, 0) is 31.0 Å². The molecule has 0 aromatic heterocycles. The van der Waals surface area contributed by atoms with Gasteiger partial charge in [0.05, 0.1) is 5.69 Å². The third kappa shape index (κ3) is 3.45. The quantitative estimate of drug-likeness (QED) is 0.834. The maximum Gasteiger partial charge on any atom is 0.146 e. The van der Waals surface area contributed by atoms with E-state index in [9.17, 15) is 4.39 Å². The summed E-state index contributed by atoms with van der Waals surface area (Å²) in [5.74, 6) is 0.349. The normalized spacial score (nSPS) is 12.8. The lowest BCUT2D eigenvalue weighted by molar-refractivity contribution is 0.495. The van der Waals surface area contributed by atoms with E-state index in [4.69, 9.17) is 0 Å². The molecule has 102 valence electrons. The number of nitrogens with one attached hydrogen (secondary N) is 1. The van der Waals surface area contributed by atoms with Gasteiger partial charge < -0.3 is 10.2 Å². The molecule has 1 unspecified atom stereocenters. The van der Waals surface area contributed by atoms with E-state index in [-0.39, 0.29) is 5.82 Å². The van der Waals surface area contributed by atoms with Crippen molar-refractivity contribution in [2.75, 3.05) is 18.5 Å². The van der Waals surface area contributed by atoms with Crippen molar-refractivity contribution >= 4 is 5.69 Å². The summed E-state index contributed by atoms with van der Waals surface area (Å²) in [6.45, 7) is 10.1. The Morgan fingerprint density at radius 3 is 2.50 bits per heavy atom. The number of benzene rings is 1. The van der Waals surface area contributed by atoms with E-state index in [0.29, 0.717) is 18.5 Å². The van der Waals surface area contributed by atoms with Gasteiger partial charge in [0, 0.05) is 19.6 Å². The zero-order valence-electron chi connectivity index (χ0n) is 12.1. The molecule has 1 N–H and O–H groups in total. The van der Waals surface area contributed by atoms with Gasteiger partial charge in [0.1, 0.15) is 5.82 Å². The van der Waals surface area contributed by atoms with Crippen molar-refractivity contribution in [3.05, 3.63) is 29.6 Å². The van der Waals surface area contributed by atoms with Gasteiger partial charge >= 0.3 is 0 Å². The first-order valence-electron chi connectivity index (χ1n) is 6.70. The lowest BCUT2D eigenvalue weighted by Gasteiger charge is -2.32. The Morgan fingerprint density at radius 1 is 1.28 bits per heavy atom. The van der Waals surface area contributed by atoms with Crippen LogP contribution in [0.5, 0.6) is 0 Å². The molecule has 0 fully saturated rings. The van der Waals surface area contributed by atoms with E-state index >= 15 is 0 Å². The highest BCUT2D eigenvalue weighted by Gasteiger charge is 2.19. The zero-order valence-corrected chi connectivity index (χ0v) is 12.1. The van der Waals surface area contributed by atoms with Gasteiger partial charge in [-0.25, -0.2) is 4.39 Å². The van der Waals surface area contributed by atoms with E-state index in [1.165, 1.54) is 6.07 Å². The molecule has 2 nitrogen and oxygen atoms in total. The van der Waals surface area contributed by atoms with Crippen LogP contribution in [0.25, 0.3) is 0 Å². The number of para-hydroxylation sites is 1. The molecule has 1 rings (SSSR count). The number of hydrogen-bond acceptors (Lipinski definition) is 2. The van der Waals surface area contributed by atoms with E-state index in [2.05, 4.69) is 33.0 Å². The highest BCUT2D eigenvalue weighted by Crippen LogP contribution is 2.27. The molecule has 0 aliphatic rings. The standard InChI is InChI=1S/C15H25FN2/c1-6-17-10-13-8-7-9-14(16)15(13)18(5)12(4)11(2)3/h7-9,11-12,17H,6,10H2,1-5H3. The van der Waals surface area contributed by atoms with Crippen LogP contribution >= 0.6 is 0 Å². The number of halogens is 1. The molecule has 0 aliphatic carbocycles. The summed E-state index contributed by atoms with van der Waals surface area (Å²) in [5, 5.41) is 3.26. The molecule has 18 heavy (non-hydrogen) atoms. The second kappa shape index (κ2) is 6.74. The fourth-order valence-corrected chi connectivity index (χ4v) is 2.01. The summed E-state index contributed by atoms with van der Waals surface area (Å²) in [6, 6.07) is 5.61. The van der Waals surface area contributed by atoms with E-state index in [0.717, 1.165) is 17.8 Å². The molecule has 0 saturated carbocycles. The molecule has 1 aromatic carbocycles. The Bertz CT molecular complexity index is 377. The number of nitrogens with zero attached hydrogens (tertiary/aromatic N) is 1. The number of hydrogen-bond donors (Lipinski definition) is 1. The predicted molar refractivity (Wildman–Crippen MR) is 76.5 cm³/mol. The largest absolute Gasteiger partial charge is 0.369 e. The first-order valence-corrected chi connectivity index (χ1v) is 6.70. The van der Waals surface area contributed by atoms with Gasteiger partial charge in [-0.15, -0.1) is 0 Å². The first-order chi connectivity index (χ1) is 8.49. The van der Waals surface area contributed by atoms with Crippen LogP contribution in [0.15, 0.2) is 18.2 Å². The molecular weight excluding hydrogens is 227 g/mol. The third-order valence-electron chi connectivity index (χ3n) is 3.56. The van der Waals surface area contributed by atoms with Gasteiger partial charge in [0.2, 0.25) is 0 Å². The Balaban J connectivity index is 3.04. The van der Waals surface area contributed by atoms with E-state index in [1.54, 1.807) is 6.07 Å². The van der Waals surface area contributed by atoms with E-state index < -0.39 is 0 Å². The maximum absolute atomic E-state index is 14.1. The summed E-state index contributed by atoms with van der Waals surface area (Å²) >= 11 is 0. The Kier molecular flexibility index (Phi) is 5.60. The molecule has 0 heterocycles. The van der Waals surface area contributed by atoms with Crippen molar-refractivity contribution in [1.29, 1.82) is 0 Å². The van der Waals surface area contributed by atoms with Crippen molar-refractivity contribution in [3.63, 3.8) is 0 Å². The van der Waals surface area contributed by atoms with Crippen LogP contribution in [0, 0.1) is 11.7 Å². The molecule has 0 amide bonds. The van der Waals surface area contributed by atoms with Crippen molar-refractivity contribution in [3.8, 4) is 0 Å². The van der Waals surface area contributed by atoms with Gasteiger partial charge in [0.15, 0.2) is 0 Å². The number of anilines is 1. The fraction of sp³-hybridized carbons (Fsp3) is 0.600. The molecule has 0 radical (unpaired) electrons. The van der Waals surface area contributed by atoms with Gasteiger partial charge in [-0.1, -0.05) is 32.9 Å². The van der Waals surface area contributed by atoms with Crippen LogP contribution in [0.3, 0.4) is 0 Å². The Labute approximate surface area is 110 Å². The summed E-state index contributed by atoms with van der Waals surface area (Å²) < 4.78 is 14.1. The van der Waals surface area contributed by atoms with Gasteiger partial charge in [0.25, 0.3) is 0 Å². The van der Waals surface area contributed by atoms with Crippen LogP contribution < -0.4 is 10.2 Å². The van der Waals surface area contributed by atoms with Crippen LogP contribution in [-0.4, -0.2) is 19.6 Å². The minimum atomic E-state index is -0.139. The lowest BCUT2D eigenvalue weighted by atomic mass is 10.0. The molecule has 3 heteroatoms. The average Bonchev–Trinajstić information content (AvgIpc) is 2.34. The monoisotopic (exact) mass is 252 g/mol. The Morgan fingerprint density at radius 2 is 1.94 bits per heavy atom.